The Balaban J connectivity index is 1.99. The lowest BCUT2D eigenvalue weighted by Gasteiger charge is -2.33. The first-order valence-corrected chi connectivity index (χ1v) is 12.1. The van der Waals surface area contributed by atoms with Gasteiger partial charge >= 0.3 is 0 Å². The van der Waals surface area contributed by atoms with Crippen molar-refractivity contribution in [1.29, 1.82) is 0 Å². The summed E-state index contributed by atoms with van der Waals surface area (Å²) in [6.45, 7) is 8.04. The minimum absolute atomic E-state index is 0.0268. The maximum Gasteiger partial charge on any atom is 0.233 e. The standard InChI is InChI=1S/C15H26N4O3S3/c1-5-11(4)19(12-6-7-25(21,22)9-12)13(20)8-23-15-18-17-14(24-15)16-10(2)3/h10-12H,5-9H2,1-4H3,(H,16,17)/t11-,12+/m1/s1. The van der Waals surface area contributed by atoms with E-state index < -0.39 is 9.84 Å². The number of anilines is 1. The molecule has 1 saturated heterocycles. The second kappa shape index (κ2) is 8.68. The van der Waals surface area contributed by atoms with E-state index in [-0.39, 0.29) is 41.3 Å². The number of carbonyl (C=O) groups is 1. The van der Waals surface area contributed by atoms with Crippen LogP contribution in [-0.2, 0) is 14.6 Å². The molecule has 2 rings (SSSR count). The van der Waals surface area contributed by atoms with Crippen LogP contribution in [0.4, 0.5) is 5.13 Å². The third-order valence-electron chi connectivity index (χ3n) is 4.09. The third-order valence-corrected chi connectivity index (χ3v) is 7.82. The molecule has 0 aliphatic carbocycles. The van der Waals surface area contributed by atoms with Crippen LogP contribution in [-0.4, -0.2) is 64.8 Å². The van der Waals surface area contributed by atoms with Gasteiger partial charge in [-0.1, -0.05) is 30.0 Å². The van der Waals surface area contributed by atoms with Gasteiger partial charge in [0.1, 0.15) is 0 Å². The Morgan fingerprint density at radius 3 is 2.68 bits per heavy atom. The molecule has 142 valence electrons. The smallest absolute Gasteiger partial charge is 0.233 e. The minimum atomic E-state index is -3.02. The molecule has 1 aliphatic heterocycles. The topological polar surface area (TPSA) is 92.3 Å². The van der Waals surface area contributed by atoms with E-state index in [0.29, 0.717) is 6.42 Å². The van der Waals surface area contributed by atoms with Crippen molar-refractivity contribution in [2.24, 2.45) is 0 Å². The summed E-state index contributed by atoms with van der Waals surface area (Å²) in [7, 11) is -3.02. The molecule has 0 radical (unpaired) electrons. The van der Waals surface area contributed by atoms with Crippen LogP contribution >= 0.6 is 23.1 Å². The molecule has 1 aromatic heterocycles. The summed E-state index contributed by atoms with van der Waals surface area (Å²) in [5.41, 5.74) is 0. The number of rotatable bonds is 8. The lowest BCUT2D eigenvalue weighted by atomic mass is 10.1. The Hall–Kier alpha value is -0.870. The normalized spacial score (nSPS) is 20.6. The number of carbonyl (C=O) groups excluding carboxylic acids is 1. The molecule has 0 bridgehead atoms. The van der Waals surface area contributed by atoms with Crippen LogP contribution in [0.1, 0.15) is 40.5 Å². The highest BCUT2D eigenvalue weighted by Crippen LogP contribution is 2.28. The molecule has 1 aromatic rings. The van der Waals surface area contributed by atoms with E-state index in [0.717, 1.165) is 15.9 Å². The van der Waals surface area contributed by atoms with Gasteiger partial charge in [0, 0.05) is 18.1 Å². The number of nitrogens with one attached hydrogen (secondary N) is 1. The van der Waals surface area contributed by atoms with E-state index in [1.165, 1.54) is 23.1 Å². The molecule has 0 spiro atoms. The van der Waals surface area contributed by atoms with Crippen molar-refractivity contribution in [3.8, 4) is 0 Å². The van der Waals surface area contributed by atoms with Crippen LogP contribution in [0.15, 0.2) is 4.34 Å². The number of hydrogen-bond acceptors (Lipinski definition) is 8. The number of amides is 1. The van der Waals surface area contributed by atoms with Gasteiger partial charge in [0.25, 0.3) is 0 Å². The summed E-state index contributed by atoms with van der Waals surface area (Å²) in [4.78, 5) is 14.5. The molecule has 7 nitrogen and oxygen atoms in total. The molecule has 0 unspecified atom stereocenters. The molecule has 1 aliphatic rings. The molecule has 0 aromatic carbocycles. The number of thioether (sulfide) groups is 1. The third kappa shape index (κ3) is 5.82. The van der Waals surface area contributed by atoms with Gasteiger partial charge in [-0.15, -0.1) is 10.2 Å². The van der Waals surface area contributed by atoms with Gasteiger partial charge < -0.3 is 10.2 Å². The van der Waals surface area contributed by atoms with Gasteiger partial charge in [-0.25, -0.2) is 8.42 Å². The van der Waals surface area contributed by atoms with E-state index in [9.17, 15) is 13.2 Å². The Labute approximate surface area is 157 Å². The maximum atomic E-state index is 12.8. The lowest BCUT2D eigenvalue weighted by Crippen LogP contribution is -2.47. The van der Waals surface area contributed by atoms with E-state index in [1.807, 2.05) is 27.7 Å². The highest BCUT2D eigenvalue weighted by molar-refractivity contribution is 8.01. The van der Waals surface area contributed by atoms with Gasteiger partial charge in [0.05, 0.1) is 17.3 Å². The van der Waals surface area contributed by atoms with Crippen molar-refractivity contribution >= 4 is 44.0 Å². The van der Waals surface area contributed by atoms with E-state index >= 15 is 0 Å². The van der Waals surface area contributed by atoms with Crippen LogP contribution in [0.3, 0.4) is 0 Å². The van der Waals surface area contributed by atoms with Gasteiger partial charge in [0.2, 0.25) is 11.0 Å². The first kappa shape index (κ1) is 20.4. The van der Waals surface area contributed by atoms with Gasteiger partial charge in [-0.05, 0) is 33.6 Å². The van der Waals surface area contributed by atoms with E-state index in [2.05, 4.69) is 15.5 Å². The average Bonchev–Trinajstić information content (AvgIpc) is 3.11. The first-order chi connectivity index (χ1) is 11.7. The van der Waals surface area contributed by atoms with Crippen molar-refractivity contribution in [3.05, 3.63) is 0 Å². The number of nitrogens with zero attached hydrogens (tertiary/aromatic N) is 3. The number of hydrogen-bond donors (Lipinski definition) is 1. The molecular formula is C15H26N4O3S3. The highest BCUT2D eigenvalue weighted by atomic mass is 32.2. The lowest BCUT2D eigenvalue weighted by molar-refractivity contribution is -0.132. The minimum Gasteiger partial charge on any atom is -0.358 e. The second-order valence-electron chi connectivity index (χ2n) is 6.58. The van der Waals surface area contributed by atoms with E-state index in [1.54, 1.807) is 4.90 Å². The molecule has 2 atom stereocenters. The molecule has 1 amide bonds. The van der Waals surface area contributed by atoms with Crippen LogP contribution in [0.25, 0.3) is 0 Å². The fraction of sp³-hybridized carbons (Fsp3) is 0.800. The summed E-state index contributed by atoms with van der Waals surface area (Å²) >= 11 is 2.78. The van der Waals surface area contributed by atoms with Crippen molar-refractivity contribution in [2.75, 3.05) is 22.6 Å². The Morgan fingerprint density at radius 2 is 2.12 bits per heavy atom. The largest absolute Gasteiger partial charge is 0.358 e. The molecule has 1 fully saturated rings. The predicted molar refractivity (Wildman–Crippen MR) is 103 cm³/mol. The first-order valence-electron chi connectivity index (χ1n) is 8.46. The average molecular weight is 407 g/mol. The van der Waals surface area contributed by atoms with Crippen LogP contribution in [0.5, 0.6) is 0 Å². The fourth-order valence-corrected chi connectivity index (χ4v) is 6.25. The van der Waals surface area contributed by atoms with Crippen molar-refractivity contribution in [1.82, 2.24) is 15.1 Å². The molecule has 1 N–H and O–H groups in total. The second-order valence-corrected chi connectivity index (χ2v) is 11.0. The molecule has 25 heavy (non-hydrogen) atoms. The van der Waals surface area contributed by atoms with Crippen LogP contribution < -0.4 is 5.32 Å². The summed E-state index contributed by atoms with van der Waals surface area (Å²) in [6.07, 6.45) is 1.33. The molecule has 0 saturated carbocycles. The van der Waals surface area contributed by atoms with Crippen molar-refractivity contribution < 1.29 is 13.2 Å². The van der Waals surface area contributed by atoms with Crippen LogP contribution in [0, 0.1) is 0 Å². The zero-order valence-electron chi connectivity index (χ0n) is 15.1. The number of sulfone groups is 1. The van der Waals surface area contributed by atoms with E-state index in [4.69, 9.17) is 0 Å². The molecule has 10 heteroatoms. The Morgan fingerprint density at radius 1 is 1.40 bits per heavy atom. The maximum absolute atomic E-state index is 12.8. The highest BCUT2D eigenvalue weighted by Gasteiger charge is 2.36. The van der Waals surface area contributed by atoms with Gasteiger partial charge in [-0.2, -0.15) is 0 Å². The zero-order chi connectivity index (χ0) is 18.6. The summed E-state index contributed by atoms with van der Waals surface area (Å²) in [5.74, 6) is 0.465. The molecular weight excluding hydrogens is 380 g/mol. The zero-order valence-corrected chi connectivity index (χ0v) is 17.5. The molecule has 2 heterocycles. The monoisotopic (exact) mass is 406 g/mol. The summed E-state index contributed by atoms with van der Waals surface area (Å²) < 4.78 is 24.3. The fourth-order valence-electron chi connectivity index (χ4n) is 2.77. The Bertz CT molecular complexity index is 690. The number of aromatic nitrogens is 2. The van der Waals surface area contributed by atoms with Gasteiger partial charge in [-0.3, -0.25) is 4.79 Å². The summed E-state index contributed by atoms with van der Waals surface area (Å²) in [5, 5.41) is 12.1. The Kier molecular flexibility index (Phi) is 7.10. The van der Waals surface area contributed by atoms with Crippen LogP contribution in [0.2, 0.25) is 0 Å². The SMILES string of the molecule is CC[C@@H](C)N(C(=O)CSc1nnc(NC(C)C)s1)[C@H]1CCS(=O)(=O)C1. The van der Waals surface area contributed by atoms with Crippen molar-refractivity contribution in [2.45, 2.75) is 63.0 Å². The summed E-state index contributed by atoms with van der Waals surface area (Å²) in [6, 6.07) is 0.0947. The van der Waals surface area contributed by atoms with Gasteiger partial charge in [0.15, 0.2) is 14.2 Å². The quantitative estimate of drug-likeness (QED) is 0.662. The predicted octanol–water partition coefficient (Wildman–Crippen LogP) is 2.26. The van der Waals surface area contributed by atoms with Crippen molar-refractivity contribution in [3.63, 3.8) is 0 Å².